The number of rotatable bonds is 7. The number of carbonyl (C=O) groups is 2. The second-order valence-electron chi connectivity index (χ2n) is 5.24. The van der Waals surface area contributed by atoms with Gasteiger partial charge in [0.2, 0.25) is 5.78 Å². The lowest BCUT2D eigenvalue weighted by Gasteiger charge is -2.29. The van der Waals surface area contributed by atoms with E-state index in [0.717, 1.165) is 18.4 Å². The van der Waals surface area contributed by atoms with Gasteiger partial charge in [0.25, 0.3) is 5.91 Å². The second kappa shape index (κ2) is 7.20. The quantitative estimate of drug-likeness (QED) is 0.592. The molecular weight excluding hydrogens is 254 g/mol. The number of nitrogens with one attached hydrogen (secondary N) is 1. The van der Waals surface area contributed by atoms with Crippen molar-refractivity contribution in [2.24, 2.45) is 5.41 Å². The minimum atomic E-state index is -0.617. The number of Topliss-reactive ketones (excluding diaryl/α,β-unsaturated/α-hetero) is 1. The summed E-state index contributed by atoms with van der Waals surface area (Å²) in [5.74, 6) is -1.15. The fraction of sp³-hybridized carbons (Fsp3) is 0.500. The van der Waals surface area contributed by atoms with Gasteiger partial charge in [0.1, 0.15) is 0 Å². The summed E-state index contributed by atoms with van der Waals surface area (Å²) >= 11 is 0. The van der Waals surface area contributed by atoms with Crippen molar-refractivity contribution in [1.29, 1.82) is 0 Å². The number of aliphatic hydroxyl groups excluding tert-OH is 1. The van der Waals surface area contributed by atoms with E-state index in [1.165, 1.54) is 0 Å². The first kappa shape index (κ1) is 16.4. The van der Waals surface area contributed by atoms with E-state index < -0.39 is 11.7 Å². The van der Waals surface area contributed by atoms with Gasteiger partial charge in [0.05, 0.1) is 6.61 Å². The Kier molecular flexibility index (Phi) is 5.89. The number of hydrogen-bond donors (Lipinski definition) is 2. The van der Waals surface area contributed by atoms with Crippen LogP contribution in [0.4, 0.5) is 0 Å². The van der Waals surface area contributed by atoms with Crippen molar-refractivity contribution in [1.82, 2.24) is 5.32 Å². The Balaban J connectivity index is 2.67. The highest BCUT2D eigenvalue weighted by Crippen LogP contribution is 2.24. The first-order valence-corrected chi connectivity index (χ1v) is 6.98. The van der Waals surface area contributed by atoms with Crippen molar-refractivity contribution in [3.8, 4) is 0 Å². The largest absolute Gasteiger partial charge is 0.396 e. The Morgan fingerprint density at radius 3 is 2.15 bits per heavy atom. The number of carbonyl (C=O) groups excluding carboxylic acids is 2. The maximum atomic E-state index is 12.0. The molecule has 110 valence electrons. The van der Waals surface area contributed by atoms with E-state index in [1.807, 2.05) is 20.8 Å². The summed E-state index contributed by atoms with van der Waals surface area (Å²) < 4.78 is 0. The van der Waals surface area contributed by atoms with Gasteiger partial charge in [-0.2, -0.15) is 0 Å². The average Bonchev–Trinajstić information content (AvgIpc) is 2.49. The summed E-state index contributed by atoms with van der Waals surface area (Å²) in [6, 6.07) is 6.90. The molecule has 4 heteroatoms. The van der Waals surface area contributed by atoms with Crippen LogP contribution in [0, 0.1) is 12.3 Å². The third-order valence-corrected chi connectivity index (χ3v) is 3.98. The molecule has 0 spiro atoms. The number of amides is 1. The molecule has 0 radical (unpaired) electrons. The molecule has 1 amide bonds. The third-order valence-electron chi connectivity index (χ3n) is 3.98. The predicted molar refractivity (Wildman–Crippen MR) is 78.6 cm³/mol. The van der Waals surface area contributed by atoms with Gasteiger partial charge in [0.15, 0.2) is 0 Å². The molecule has 0 saturated heterocycles. The van der Waals surface area contributed by atoms with Crippen LogP contribution in [0.3, 0.4) is 0 Å². The van der Waals surface area contributed by atoms with Crippen LogP contribution in [0.15, 0.2) is 24.3 Å². The molecule has 0 bridgehead atoms. The molecule has 0 atom stereocenters. The van der Waals surface area contributed by atoms with Crippen LogP contribution in [0.5, 0.6) is 0 Å². The lowest BCUT2D eigenvalue weighted by atomic mass is 9.83. The fourth-order valence-electron chi connectivity index (χ4n) is 1.96. The number of hydrogen-bond acceptors (Lipinski definition) is 3. The monoisotopic (exact) mass is 277 g/mol. The van der Waals surface area contributed by atoms with Gasteiger partial charge in [-0.1, -0.05) is 43.7 Å². The molecule has 0 unspecified atom stereocenters. The van der Waals surface area contributed by atoms with Crippen molar-refractivity contribution in [3.05, 3.63) is 35.4 Å². The Morgan fingerprint density at radius 1 is 1.15 bits per heavy atom. The summed E-state index contributed by atoms with van der Waals surface area (Å²) in [5.41, 5.74) is 1.08. The molecule has 2 N–H and O–H groups in total. The molecule has 0 aromatic heterocycles. The molecule has 0 fully saturated rings. The van der Waals surface area contributed by atoms with Crippen molar-refractivity contribution in [3.63, 3.8) is 0 Å². The minimum absolute atomic E-state index is 0.000990. The van der Waals surface area contributed by atoms with E-state index in [4.69, 9.17) is 0 Å². The summed E-state index contributed by atoms with van der Waals surface area (Å²) in [7, 11) is 0. The number of benzene rings is 1. The second-order valence-corrected chi connectivity index (χ2v) is 5.24. The Hall–Kier alpha value is -1.68. The van der Waals surface area contributed by atoms with Gasteiger partial charge in [-0.3, -0.25) is 9.59 Å². The van der Waals surface area contributed by atoms with Crippen molar-refractivity contribution < 1.29 is 14.7 Å². The zero-order valence-electron chi connectivity index (χ0n) is 12.4. The standard InChI is InChI=1S/C16H23NO3/c1-4-16(5-2,11-18)10-17-15(20)14(19)13-8-6-12(3)7-9-13/h6-9,18H,4-5,10-11H2,1-3H3,(H,17,20). The van der Waals surface area contributed by atoms with E-state index >= 15 is 0 Å². The summed E-state index contributed by atoms with van der Waals surface area (Å²) in [6.07, 6.45) is 1.50. The highest BCUT2D eigenvalue weighted by molar-refractivity contribution is 6.42. The van der Waals surface area contributed by atoms with Crippen molar-refractivity contribution in [2.75, 3.05) is 13.2 Å². The van der Waals surface area contributed by atoms with Gasteiger partial charge >= 0.3 is 0 Å². The lowest BCUT2D eigenvalue weighted by Crippen LogP contribution is -2.42. The minimum Gasteiger partial charge on any atom is -0.396 e. The van der Waals surface area contributed by atoms with Crippen LogP contribution in [0.2, 0.25) is 0 Å². The van der Waals surface area contributed by atoms with Crippen LogP contribution < -0.4 is 5.32 Å². The lowest BCUT2D eigenvalue weighted by molar-refractivity contribution is -0.117. The van der Waals surface area contributed by atoms with E-state index in [2.05, 4.69) is 5.32 Å². The van der Waals surface area contributed by atoms with Gasteiger partial charge < -0.3 is 10.4 Å². The molecule has 20 heavy (non-hydrogen) atoms. The van der Waals surface area contributed by atoms with Gasteiger partial charge in [-0.05, 0) is 19.8 Å². The zero-order valence-corrected chi connectivity index (χ0v) is 12.4. The predicted octanol–water partition coefficient (Wildman–Crippen LogP) is 2.09. The molecule has 0 aliphatic rings. The highest BCUT2D eigenvalue weighted by Gasteiger charge is 2.27. The summed E-state index contributed by atoms with van der Waals surface area (Å²) in [5, 5.41) is 12.1. The van der Waals surface area contributed by atoms with E-state index in [9.17, 15) is 14.7 Å². The van der Waals surface area contributed by atoms with Crippen LogP contribution in [-0.2, 0) is 4.79 Å². The van der Waals surface area contributed by atoms with Crippen LogP contribution in [0.25, 0.3) is 0 Å². The van der Waals surface area contributed by atoms with Crippen molar-refractivity contribution in [2.45, 2.75) is 33.6 Å². The molecule has 0 heterocycles. The first-order chi connectivity index (χ1) is 9.48. The van der Waals surface area contributed by atoms with Gasteiger partial charge in [-0.15, -0.1) is 0 Å². The van der Waals surface area contributed by atoms with E-state index in [1.54, 1.807) is 24.3 Å². The molecule has 1 aromatic carbocycles. The SMILES string of the molecule is CCC(CC)(CO)CNC(=O)C(=O)c1ccc(C)cc1. The Bertz CT molecular complexity index is 453. The molecule has 0 saturated carbocycles. The molecule has 1 rings (SSSR count). The Labute approximate surface area is 120 Å². The molecule has 4 nitrogen and oxygen atoms in total. The normalized spacial score (nSPS) is 11.2. The zero-order chi connectivity index (χ0) is 15.2. The van der Waals surface area contributed by atoms with E-state index in [-0.39, 0.29) is 12.0 Å². The summed E-state index contributed by atoms with van der Waals surface area (Å²) in [6.45, 7) is 6.17. The topological polar surface area (TPSA) is 66.4 Å². The van der Waals surface area contributed by atoms with Crippen molar-refractivity contribution >= 4 is 11.7 Å². The summed E-state index contributed by atoms with van der Waals surface area (Å²) in [4.78, 5) is 23.8. The van der Waals surface area contributed by atoms with Crippen LogP contribution in [-0.4, -0.2) is 29.9 Å². The van der Waals surface area contributed by atoms with Gasteiger partial charge in [-0.25, -0.2) is 0 Å². The van der Waals surface area contributed by atoms with Crippen LogP contribution >= 0.6 is 0 Å². The Morgan fingerprint density at radius 2 is 1.70 bits per heavy atom. The number of ketones is 1. The third kappa shape index (κ3) is 3.90. The maximum absolute atomic E-state index is 12.0. The van der Waals surface area contributed by atoms with Gasteiger partial charge in [0, 0.05) is 17.5 Å². The average molecular weight is 277 g/mol. The number of aryl methyl sites for hydroxylation is 1. The molecule has 0 aliphatic heterocycles. The maximum Gasteiger partial charge on any atom is 0.292 e. The molecule has 0 aliphatic carbocycles. The van der Waals surface area contributed by atoms with E-state index in [0.29, 0.717) is 12.1 Å². The smallest absolute Gasteiger partial charge is 0.292 e. The first-order valence-electron chi connectivity index (χ1n) is 6.98. The molecular formula is C16H23NO3. The number of aliphatic hydroxyl groups is 1. The molecule has 1 aromatic rings. The fourth-order valence-corrected chi connectivity index (χ4v) is 1.96. The highest BCUT2D eigenvalue weighted by atomic mass is 16.3. The van der Waals surface area contributed by atoms with Crippen LogP contribution in [0.1, 0.15) is 42.6 Å².